The molecule has 7 heteroatoms. The first kappa shape index (κ1) is 17.3. The molecule has 6 nitrogen and oxygen atoms in total. The van der Waals surface area contributed by atoms with E-state index in [4.69, 9.17) is 4.42 Å². The van der Waals surface area contributed by atoms with Gasteiger partial charge in [0.2, 0.25) is 0 Å². The predicted octanol–water partition coefficient (Wildman–Crippen LogP) is 3.95. The number of aryl methyl sites for hydroxylation is 1. The number of hydrogen-bond acceptors (Lipinski definition) is 5. The summed E-state index contributed by atoms with van der Waals surface area (Å²) in [5.74, 6) is 1.07. The molecule has 0 fully saturated rings. The number of hydrogen-bond donors (Lipinski definition) is 0. The summed E-state index contributed by atoms with van der Waals surface area (Å²) < 4.78 is 7.39. The van der Waals surface area contributed by atoms with Gasteiger partial charge in [0.15, 0.2) is 10.9 Å². The van der Waals surface area contributed by atoms with Gasteiger partial charge < -0.3 is 9.32 Å². The molecule has 1 amide bonds. The highest BCUT2D eigenvalue weighted by Gasteiger charge is 2.23. The van der Waals surface area contributed by atoms with E-state index < -0.39 is 0 Å². The van der Waals surface area contributed by atoms with Gasteiger partial charge in [-0.15, -0.1) is 0 Å². The molecule has 3 aromatic heterocycles. The lowest BCUT2D eigenvalue weighted by Crippen LogP contribution is -2.30. The van der Waals surface area contributed by atoms with Crippen LogP contribution in [0.5, 0.6) is 0 Å². The van der Waals surface area contributed by atoms with Gasteiger partial charge in [-0.1, -0.05) is 18.7 Å². The van der Waals surface area contributed by atoms with Crippen molar-refractivity contribution in [3.63, 3.8) is 0 Å². The summed E-state index contributed by atoms with van der Waals surface area (Å²) in [6.07, 6.45) is 5.29. The standard InChI is InChI=1S/C18H20N4O2S/c1-4-21(18(23)16-8-9-17(24-16)25-5-2)15-12-22(20-13(15)3)14-7-6-10-19-11-14/h6-12H,4-5H2,1-3H3. The topological polar surface area (TPSA) is 64.2 Å². The maximum Gasteiger partial charge on any atom is 0.294 e. The summed E-state index contributed by atoms with van der Waals surface area (Å²) in [5, 5.41) is 5.26. The van der Waals surface area contributed by atoms with Crippen molar-refractivity contribution in [3.05, 3.63) is 54.3 Å². The van der Waals surface area contributed by atoms with Crippen LogP contribution in [0, 0.1) is 6.92 Å². The Kier molecular flexibility index (Phi) is 5.23. The van der Waals surface area contributed by atoms with Crippen molar-refractivity contribution in [2.75, 3.05) is 17.2 Å². The normalized spacial score (nSPS) is 10.8. The van der Waals surface area contributed by atoms with E-state index in [1.165, 1.54) is 0 Å². The van der Waals surface area contributed by atoms with E-state index >= 15 is 0 Å². The maximum absolute atomic E-state index is 12.9. The first-order chi connectivity index (χ1) is 12.1. The van der Waals surface area contributed by atoms with Crippen molar-refractivity contribution < 1.29 is 9.21 Å². The van der Waals surface area contributed by atoms with E-state index in [1.807, 2.05) is 45.2 Å². The molecule has 130 valence electrons. The third-order valence-electron chi connectivity index (χ3n) is 3.71. The number of rotatable bonds is 6. The van der Waals surface area contributed by atoms with Crippen LogP contribution in [-0.4, -0.2) is 33.0 Å². The SMILES string of the molecule is CCSc1ccc(C(=O)N(CC)c2cn(-c3cccnc3)nc2C)o1. The van der Waals surface area contributed by atoms with E-state index in [1.54, 1.807) is 39.8 Å². The van der Waals surface area contributed by atoms with E-state index in [2.05, 4.69) is 10.1 Å². The van der Waals surface area contributed by atoms with Gasteiger partial charge in [0.25, 0.3) is 5.91 Å². The highest BCUT2D eigenvalue weighted by atomic mass is 32.2. The molecule has 0 unspecified atom stereocenters. The molecule has 0 spiro atoms. The molecule has 0 atom stereocenters. The zero-order valence-corrected chi connectivity index (χ0v) is 15.3. The fraction of sp³-hybridized carbons (Fsp3) is 0.278. The Morgan fingerprint density at radius 2 is 2.16 bits per heavy atom. The van der Waals surface area contributed by atoms with Gasteiger partial charge >= 0.3 is 0 Å². The lowest BCUT2D eigenvalue weighted by molar-refractivity contribution is 0.0956. The monoisotopic (exact) mass is 356 g/mol. The number of anilines is 1. The average molecular weight is 356 g/mol. The minimum Gasteiger partial charge on any atom is -0.445 e. The zero-order chi connectivity index (χ0) is 17.8. The summed E-state index contributed by atoms with van der Waals surface area (Å²) in [7, 11) is 0. The number of nitrogens with zero attached hydrogens (tertiary/aromatic N) is 4. The minimum atomic E-state index is -0.167. The number of pyridine rings is 1. The van der Waals surface area contributed by atoms with Gasteiger partial charge in [-0.2, -0.15) is 5.10 Å². The molecule has 0 aliphatic carbocycles. The molecule has 3 aromatic rings. The maximum atomic E-state index is 12.9. The molecule has 0 saturated carbocycles. The first-order valence-corrected chi connectivity index (χ1v) is 9.13. The van der Waals surface area contributed by atoms with Gasteiger partial charge in [0, 0.05) is 12.7 Å². The molecule has 3 heterocycles. The van der Waals surface area contributed by atoms with Crippen LogP contribution >= 0.6 is 11.8 Å². The Labute approximate surface area is 150 Å². The molecule has 3 rings (SSSR count). The quantitative estimate of drug-likeness (QED) is 0.626. The number of amides is 1. The third-order valence-corrected chi connectivity index (χ3v) is 4.51. The largest absolute Gasteiger partial charge is 0.445 e. The molecule has 0 N–H and O–H groups in total. The molecule has 0 aliphatic rings. The van der Waals surface area contributed by atoms with Crippen molar-refractivity contribution >= 4 is 23.4 Å². The highest BCUT2D eigenvalue weighted by molar-refractivity contribution is 7.99. The van der Waals surface area contributed by atoms with E-state index in [9.17, 15) is 4.79 Å². The van der Waals surface area contributed by atoms with Crippen molar-refractivity contribution in [2.24, 2.45) is 0 Å². The Hall–Kier alpha value is -2.54. The van der Waals surface area contributed by atoms with Crippen LogP contribution in [0.25, 0.3) is 5.69 Å². The lowest BCUT2D eigenvalue weighted by atomic mass is 10.3. The summed E-state index contributed by atoms with van der Waals surface area (Å²) in [6, 6.07) is 7.33. The van der Waals surface area contributed by atoms with Crippen LogP contribution < -0.4 is 4.90 Å². The Morgan fingerprint density at radius 1 is 1.32 bits per heavy atom. The van der Waals surface area contributed by atoms with E-state index in [-0.39, 0.29) is 5.91 Å². The van der Waals surface area contributed by atoms with Crippen molar-refractivity contribution in [1.29, 1.82) is 0 Å². The van der Waals surface area contributed by atoms with Crippen LogP contribution in [0.2, 0.25) is 0 Å². The van der Waals surface area contributed by atoms with Gasteiger partial charge in [-0.05, 0) is 43.9 Å². The molecule has 0 saturated heterocycles. The molecule has 0 bridgehead atoms. The average Bonchev–Trinajstić information content (AvgIpc) is 3.24. The molecular weight excluding hydrogens is 336 g/mol. The number of aromatic nitrogens is 3. The lowest BCUT2D eigenvalue weighted by Gasteiger charge is -2.18. The minimum absolute atomic E-state index is 0.167. The Balaban J connectivity index is 1.90. The number of thioether (sulfide) groups is 1. The Bertz CT molecular complexity index is 857. The van der Waals surface area contributed by atoms with E-state index in [0.717, 1.165) is 27.9 Å². The first-order valence-electron chi connectivity index (χ1n) is 8.15. The number of furan rings is 1. The van der Waals surface area contributed by atoms with Gasteiger partial charge in [-0.25, -0.2) is 4.68 Å². The molecular formula is C18H20N4O2S. The molecule has 0 radical (unpaired) electrons. The summed E-state index contributed by atoms with van der Waals surface area (Å²) in [5.41, 5.74) is 2.38. The Morgan fingerprint density at radius 3 is 2.84 bits per heavy atom. The summed E-state index contributed by atoms with van der Waals surface area (Å²) in [4.78, 5) is 18.6. The second-order valence-corrected chi connectivity index (χ2v) is 6.63. The van der Waals surface area contributed by atoms with Crippen LogP contribution in [0.3, 0.4) is 0 Å². The van der Waals surface area contributed by atoms with Crippen LogP contribution in [0.1, 0.15) is 30.1 Å². The van der Waals surface area contributed by atoms with Crippen molar-refractivity contribution in [2.45, 2.75) is 25.9 Å². The molecule has 25 heavy (non-hydrogen) atoms. The summed E-state index contributed by atoms with van der Waals surface area (Å²) >= 11 is 1.57. The van der Waals surface area contributed by atoms with Crippen LogP contribution in [-0.2, 0) is 0 Å². The van der Waals surface area contributed by atoms with Crippen LogP contribution in [0.4, 0.5) is 5.69 Å². The number of carbonyl (C=O) groups excluding carboxylic acids is 1. The second kappa shape index (κ2) is 7.57. The van der Waals surface area contributed by atoms with Crippen LogP contribution in [0.15, 0.2) is 52.4 Å². The third kappa shape index (κ3) is 3.61. The summed E-state index contributed by atoms with van der Waals surface area (Å²) in [6.45, 7) is 6.39. The van der Waals surface area contributed by atoms with Gasteiger partial charge in [0.05, 0.1) is 29.5 Å². The smallest absolute Gasteiger partial charge is 0.294 e. The zero-order valence-electron chi connectivity index (χ0n) is 14.5. The number of carbonyl (C=O) groups is 1. The van der Waals surface area contributed by atoms with E-state index in [0.29, 0.717) is 12.3 Å². The molecule has 0 aliphatic heterocycles. The molecule has 0 aromatic carbocycles. The van der Waals surface area contributed by atoms with Gasteiger partial charge in [-0.3, -0.25) is 9.78 Å². The predicted molar refractivity (Wildman–Crippen MR) is 98.6 cm³/mol. The second-order valence-electron chi connectivity index (χ2n) is 5.36. The van der Waals surface area contributed by atoms with Gasteiger partial charge in [0.1, 0.15) is 0 Å². The van der Waals surface area contributed by atoms with Crippen molar-refractivity contribution in [3.8, 4) is 5.69 Å². The fourth-order valence-electron chi connectivity index (χ4n) is 2.55. The fourth-order valence-corrected chi connectivity index (χ4v) is 3.15. The van der Waals surface area contributed by atoms with Crippen molar-refractivity contribution in [1.82, 2.24) is 14.8 Å². The highest BCUT2D eigenvalue weighted by Crippen LogP contribution is 2.25.